The van der Waals surface area contributed by atoms with E-state index in [0.717, 1.165) is 44.9 Å². The average Bonchev–Trinajstić information content (AvgIpc) is 3.34. The Hall–Kier alpha value is -2.75. The number of carbonyl (C=O) groups excluding carboxylic acids is 1. The number of hydrogen-bond donors (Lipinski definition) is 5. The Morgan fingerprint density at radius 3 is 2.44 bits per heavy atom. The number of aryl methyl sites for hydroxylation is 1. The maximum atomic E-state index is 13.1. The molecular weight excluding hydrogens is 574 g/mol. The van der Waals surface area contributed by atoms with Gasteiger partial charge in [-0.25, -0.2) is 4.79 Å². The number of carboxylic acids is 1. The highest BCUT2D eigenvalue weighted by molar-refractivity contribution is 5.94. The molecule has 0 spiro atoms. The van der Waals surface area contributed by atoms with E-state index in [-0.39, 0.29) is 34.1 Å². The van der Waals surface area contributed by atoms with E-state index in [9.17, 15) is 29.7 Å². The molecule has 9 heteroatoms. The molecule has 4 saturated carbocycles. The first kappa shape index (κ1) is 32.2. The van der Waals surface area contributed by atoms with E-state index >= 15 is 0 Å². The molecule has 0 bridgehead atoms. The van der Waals surface area contributed by atoms with Crippen LogP contribution in [0.2, 0.25) is 0 Å². The van der Waals surface area contributed by atoms with Crippen molar-refractivity contribution in [2.24, 2.45) is 46.3 Å². The molecule has 246 valence electrons. The normalized spacial score (nSPS) is 38.2. The largest absolute Gasteiger partial charge is 0.481 e. The molecule has 0 saturated heterocycles. The summed E-state index contributed by atoms with van der Waals surface area (Å²) in [6, 6.07) is 5.09. The summed E-state index contributed by atoms with van der Waals surface area (Å²) >= 11 is 0. The van der Waals surface area contributed by atoms with Gasteiger partial charge in [-0.2, -0.15) is 0 Å². The highest BCUT2D eigenvalue weighted by atomic mass is 16.4. The van der Waals surface area contributed by atoms with Crippen molar-refractivity contribution in [1.29, 1.82) is 0 Å². The number of anilines is 1. The fourth-order valence-corrected chi connectivity index (χ4v) is 10.8. The summed E-state index contributed by atoms with van der Waals surface area (Å²) in [6.07, 6.45) is 5.17. The summed E-state index contributed by atoms with van der Waals surface area (Å²) in [7, 11) is 0. The highest BCUT2D eigenvalue weighted by Crippen LogP contribution is 2.68. The smallest absolute Gasteiger partial charge is 0.340 e. The van der Waals surface area contributed by atoms with Crippen LogP contribution in [0.25, 0.3) is 11.0 Å². The van der Waals surface area contributed by atoms with E-state index in [1.54, 1.807) is 25.1 Å². The SMILES string of the molecule is Cc1c(CC(=O)O)c(=O)oc2cc(NC(=O)CC[C@@H](C)[C@H]3CC[C@H]4[C@@H]5C(O)C(O)[C@@H]6C[C@H](O)CC[C@]6(C)[C@H]5CC[C@]34C)ccc12. The number of nitrogens with one attached hydrogen (secondary N) is 1. The van der Waals surface area contributed by atoms with Crippen molar-refractivity contribution in [2.45, 2.75) is 110 Å². The minimum atomic E-state index is -1.10. The third-order valence-corrected chi connectivity index (χ3v) is 13.2. The quantitative estimate of drug-likeness (QED) is 0.268. The Bertz CT molecular complexity index is 1530. The van der Waals surface area contributed by atoms with Crippen molar-refractivity contribution >= 4 is 28.5 Å². The van der Waals surface area contributed by atoms with Crippen LogP contribution in [-0.2, 0) is 16.0 Å². The number of carbonyl (C=O) groups is 2. The summed E-state index contributed by atoms with van der Waals surface area (Å²) in [5.74, 6) is 0.208. The molecule has 4 aliphatic rings. The van der Waals surface area contributed by atoms with Crippen LogP contribution in [0.1, 0.15) is 89.7 Å². The fourth-order valence-electron chi connectivity index (χ4n) is 10.8. The van der Waals surface area contributed by atoms with Gasteiger partial charge in [0.05, 0.1) is 30.3 Å². The second-order valence-corrected chi connectivity index (χ2v) is 15.4. The van der Waals surface area contributed by atoms with E-state index in [4.69, 9.17) is 9.52 Å². The van der Waals surface area contributed by atoms with Crippen molar-refractivity contribution < 1.29 is 34.4 Å². The van der Waals surface area contributed by atoms with E-state index in [1.165, 1.54) is 0 Å². The Morgan fingerprint density at radius 1 is 1.00 bits per heavy atom. The number of aliphatic hydroxyl groups excluding tert-OH is 3. The monoisotopic (exact) mass is 623 g/mol. The third-order valence-electron chi connectivity index (χ3n) is 13.2. The Morgan fingerprint density at radius 2 is 1.71 bits per heavy atom. The van der Waals surface area contributed by atoms with Crippen LogP contribution in [0.5, 0.6) is 0 Å². The van der Waals surface area contributed by atoms with E-state index in [2.05, 4.69) is 26.1 Å². The van der Waals surface area contributed by atoms with Gasteiger partial charge in [0.1, 0.15) is 5.58 Å². The summed E-state index contributed by atoms with van der Waals surface area (Å²) in [5.41, 5.74) is 0.815. The van der Waals surface area contributed by atoms with Crippen LogP contribution in [0, 0.1) is 53.3 Å². The maximum absolute atomic E-state index is 13.1. The number of fused-ring (bicyclic) bond motifs is 6. The first-order valence-electron chi connectivity index (χ1n) is 16.9. The van der Waals surface area contributed by atoms with Crippen molar-refractivity contribution in [1.82, 2.24) is 0 Å². The topological polar surface area (TPSA) is 157 Å². The molecule has 2 aromatic rings. The lowest BCUT2D eigenvalue weighted by atomic mass is 9.43. The van der Waals surface area contributed by atoms with Crippen LogP contribution in [0.3, 0.4) is 0 Å². The number of aliphatic carboxylic acids is 1. The zero-order valence-electron chi connectivity index (χ0n) is 26.9. The molecule has 11 atom stereocenters. The number of hydrogen-bond acceptors (Lipinski definition) is 7. The molecule has 1 amide bonds. The standard InChI is InChI=1S/C36H49NO8/c1-18(5-10-29(39)37-20-6-7-22-19(2)23(17-30(40)41)34(44)45-28(22)15-20)24-8-9-25-31-26(12-14-35(24,25)3)36(4)13-11-21(38)16-27(36)32(42)33(31)43/h6-7,15,18,21,24-27,31-33,38,42-43H,5,8-14,16-17H2,1-4H3,(H,37,39)(H,40,41)/t18-,21-,24-,25+,26+,27+,31+,32?,33?,35-,36-/m1/s1. The Balaban J connectivity index is 1.11. The molecule has 0 radical (unpaired) electrons. The van der Waals surface area contributed by atoms with Gasteiger partial charge in [0, 0.05) is 23.6 Å². The predicted molar refractivity (Wildman–Crippen MR) is 170 cm³/mol. The lowest BCUT2D eigenvalue weighted by Gasteiger charge is -2.63. The first-order chi connectivity index (χ1) is 21.2. The lowest BCUT2D eigenvalue weighted by Crippen LogP contribution is -2.64. The van der Waals surface area contributed by atoms with Crippen LogP contribution in [0.4, 0.5) is 5.69 Å². The average molecular weight is 624 g/mol. The van der Waals surface area contributed by atoms with Crippen molar-refractivity contribution in [3.8, 4) is 0 Å². The molecule has 4 fully saturated rings. The fraction of sp³-hybridized carbons (Fsp3) is 0.694. The van der Waals surface area contributed by atoms with Gasteiger partial charge < -0.3 is 30.2 Å². The molecule has 45 heavy (non-hydrogen) atoms. The minimum absolute atomic E-state index is 0.0440. The molecular formula is C36H49NO8. The van der Waals surface area contributed by atoms with Crippen molar-refractivity contribution in [3.63, 3.8) is 0 Å². The van der Waals surface area contributed by atoms with Crippen LogP contribution < -0.4 is 10.9 Å². The molecule has 0 aliphatic heterocycles. The van der Waals surface area contributed by atoms with Crippen LogP contribution >= 0.6 is 0 Å². The third kappa shape index (κ3) is 5.42. The minimum Gasteiger partial charge on any atom is -0.481 e. The van der Waals surface area contributed by atoms with Gasteiger partial charge >= 0.3 is 11.6 Å². The van der Waals surface area contributed by atoms with E-state index < -0.39 is 36.3 Å². The van der Waals surface area contributed by atoms with Gasteiger partial charge in [0.15, 0.2) is 0 Å². The van der Waals surface area contributed by atoms with Crippen molar-refractivity contribution in [2.75, 3.05) is 5.32 Å². The molecule has 2 unspecified atom stereocenters. The highest BCUT2D eigenvalue weighted by Gasteiger charge is 2.65. The molecule has 9 nitrogen and oxygen atoms in total. The number of rotatable bonds is 7. The molecule has 4 aliphatic carbocycles. The van der Waals surface area contributed by atoms with Crippen LogP contribution in [0.15, 0.2) is 27.4 Å². The van der Waals surface area contributed by atoms with E-state index in [0.29, 0.717) is 58.7 Å². The summed E-state index contributed by atoms with van der Waals surface area (Å²) < 4.78 is 5.40. The summed E-state index contributed by atoms with van der Waals surface area (Å²) in [4.78, 5) is 36.6. The molecule has 1 aromatic carbocycles. The van der Waals surface area contributed by atoms with Gasteiger partial charge in [-0.05, 0) is 122 Å². The molecule has 1 heterocycles. The maximum Gasteiger partial charge on any atom is 0.340 e. The molecule has 1 aromatic heterocycles. The number of amides is 1. The lowest BCUT2D eigenvalue weighted by molar-refractivity contribution is -0.223. The second-order valence-electron chi connectivity index (χ2n) is 15.4. The van der Waals surface area contributed by atoms with E-state index in [1.807, 2.05) is 0 Å². The number of carboxylic acid groups (broad SMARTS) is 1. The number of aliphatic hydroxyl groups is 3. The van der Waals surface area contributed by atoms with Crippen LogP contribution in [-0.4, -0.2) is 50.6 Å². The predicted octanol–water partition coefficient (Wildman–Crippen LogP) is 5.04. The summed E-state index contributed by atoms with van der Waals surface area (Å²) in [5, 5.41) is 45.9. The van der Waals surface area contributed by atoms with Gasteiger partial charge in [-0.1, -0.05) is 20.8 Å². The van der Waals surface area contributed by atoms with Gasteiger partial charge in [-0.15, -0.1) is 0 Å². The van der Waals surface area contributed by atoms with Gasteiger partial charge in [-0.3, -0.25) is 9.59 Å². The molecule has 5 N–H and O–H groups in total. The zero-order valence-corrected chi connectivity index (χ0v) is 26.9. The Kier molecular flexibility index (Phi) is 8.45. The Labute approximate surface area is 264 Å². The van der Waals surface area contributed by atoms with Crippen molar-refractivity contribution in [3.05, 3.63) is 39.7 Å². The zero-order chi connectivity index (χ0) is 32.4. The first-order valence-corrected chi connectivity index (χ1v) is 16.9. The second kappa shape index (κ2) is 11.8. The van der Waals surface area contributed by atoms with Gasteiger partial charge in [0.25, 0.3) is 0 Å². The number of benzene rings is 1. The molecule has 6 rings (SSSR count). The summed E-state index contributed by atoms with van der Waals surface area (Å²) in [6.45, 7) is 8.62. The van der Waals surface area contributed by atoms with Gasteiger partial charge in [0.2, 0.25) is 5.91 Å².